The molecule has 5 nitrogen and oxygen atoms in total. The zero-order valence-corrected chi connectivity index (χ0v) is 13.4. The molecule has 0 aromatic carbocycles. The van der Waals surface area contributed by atoms with Crippen LogP contribution in [0.2, 0.25) is 0 Å². The number of hydrogen-bond donors (Lipinski definition) is 2. The molecular weight excluding hydrogens is 274 g/mol. The molecule has 0 unspecified atom stereocenters. The SMILES string of the molecule is CCCN1CCC(NS(=O)(=O)CC2CCNCC2)CC1. The summed E-state index contributed by atoms with van der Waals surface area (Å²) >= 11 is 0. The van der Waals surface area contributed by atoms with Gasteiger partial charge in [-0.1, -0.05) is 6.92 Å². The van der Waals surface area contributed by atoms with Gasteiger partial charge in [0.1, 0.15) is 0 Å². The summed E-state index contributed by atoms with van der Waals surface area (Å²) in [5.41, 5.74) is 0. The largest absolute Gasteiger partial charge is 0.317 e. The Hall–Kier alpha value is -0.170. The molecule has 0 aliphatic carbocycles. The standard InChI is InChI=1S/C14H29N3O2S/c1-2-9-17-10-5-14(6-11-17)16-20(18,19)12-13-3-7-15-8-4-13/h13-16H,2-12H2,1H3. The second-order valence-corrected chi connectivity index (χ2v) is 8.01. The minimum absolute atomic E-state index is 0.148. The number of hydrogen-bond acceptors (Lipinski definition) is 4. The molecule has 0 saturated carbocycles. The van der Waals surface area contributed by atoms with Crippen molar-refractivity contribution in [3.8, 4) is 0 Å². The van der Waals surface area contributed by atoms with Crippen LogP contribution in [0, 0.1) is 5.92 Å². The van der Waals surface area contributed by atoms with E-state index in [1.807, 2.05) is 0 Å². The molecule has 0 aromatic rings. The van der Waals surface area contributed by atoms with Crippen molar-refractivity contribution < 1.29 is 8.42 Å². The van der Waals surface area contributed by atoms with E-state index in [1.165, 1.54) is 6.42 Å². The summed E-state index contributed by atoms with van der Waals surface area (Å²) in [6, 6.07) is 0.148. The first-order valence-corrected chi connectivity index (χ1v) is 9.67. The van der Waals surface area contributed by atoms with E-state index in [4.69, 9.17) is 0 Å². The van der Waals surface area contributed by atoms with Gasteiger partial charge in [0.25, 0.3) is 0 Å². The zero-order valence-electron chi connectivity index (χ0n) is 12.6. The number of rotatable bonds is 6. The Morgan fingerprint density at radius 2 is 1.80 bits per heavy atom. The van der Waals surface area contributed by atoms with Gasteiger partial charge in [0.2, 0.25) is 10.0 Å². The van der Waals surface area contributed by atoms with Gasteiger partial charge in [-0.3, -0.25) is 0 Å². The van der Waals surface area contributed by atoms with Gasteiger partial charge in [-0.25, -0.2) is 13.1 Å². The van der Waals surface area contributed by atoms with Crippen LogP contribution >= 0.6 is 0 Å². The molecule has 20 heavy (non-hydrogen) atoms. The van der Waals surface area contributed by atoms with Gasteiger partial charge in [-0.15, -0.1) is 0 Å². The lowest BCUT2D eigenvalue weighted by molar-refractivity contribution is 0.207. The molecule has 0 amide bonds. The fourth-order valence-corrected chi connectivity index (χ4v) is 5.05. The Morgan fingerprint density at radius 1 is 1.15 bits per heavy atom. The summed E-state index contributed by atoms with van der Waals surface area (Å²) in [6.07, 6.45) is 5.04. The highest BCUT2D eigenvalue weighted by atomic mass is 32.2. The molecule has 6 heteroatoms. The van der Waals surface area contributed by atoms with Crippen LogP contribution in [0.5, 0.6) is 0 Å². The third kappa shape index (κ3) is 5.31. The third-order valence-electron chi connectivity index (χ3n) is 4.39. The predicted octanol–water partition coefficient (Wildman–Crippen LogP) is 0.780. The average molecular weight is 303 g/mol. The number of likely N-dealkylation sites (tertiary alicyclic amines) is 1. The molecule has 118 valence electrons. The second kappa shape index (κ2) is 7.73. The fraction of sp³-hybridized carbons (Fsp3) is 1.00. The van der Waals surface area contributed by atoms with Crippen molar-refractivity contribution in [3.63, 3.8) is 0 Å². The first-order valence-electron chi connectivity index (χ1n) is 8.02. The average Bonchev–Trinajstić information content (AvgIpc) is 2.41. The predicted molar refractivity (Wildman–Crippen MR) is 82.3 cm³/mol. The topological polar surface area (TPSA) is 61.4 Å². The quantitative estimate of drug-likeness (QED) is 0.761. The molecule has 0 radical (unpaired) electrons. The monoisotopic (exact) mass is 303 g/mol. The molecule has 2 heterocycles. The summed E-state index contributed by atoms with van der Waals surface area (Å²) in [7, 11) is -3.11. The van der Waals surface area contributed by atoms with Crippen LogP contribution in [0.15, 0.2) is 0 Å². The van der Waals surface area contributed by atoms with Crippen LogP contribution < -0.4 is 10.0 Å². The Kier molecular flexibility index (Phi) is 6.26. The van der Waals surface area contributed by atoms with Crippen molar-refractivity contribution in [2.45, 2.75) is 45.1 Å². The summed E-state index contributed by atoms with van der Waals surface area (Å²) < 4.78 is 27.4. The van der Waals surface area contributed by atoms with E-state index >= 15 is 0 Å². The maximum absolute atomic E-state index is 12.2. The minimum atomic E-state index is -3.11. The van der Waals surface area contributed by atoms with Gasteiger partial charge in [-0.05, 0) is 70.7 Å². The van der Waals surface area contributed by atoms with Crippen LogP contribution in [0.25, 0.3) is 0 Å². The van der Waals surface area contributed by atoms with Crippen molar-refractivity contribution >= 4 is 10.0 Å². The Morgan fingerprint density at radius 3 is 2.40 bits per heavy atom. The number of piperidine rings is 2. The molecule has 2 aliphatic rings. The van der Waals surface area contributed by atoms with Crippen LogP contribution in [0.4, 0.5) is 0 Å². The van der Waals surface area contributed by atoms with E-state index in [0.717, 1.165) is 58.4 Å². The van der Waals surface area contributed by atoms with Crippen molar-refractivity contribution in [2.24, 2.45) is 5.92 Å². The lowest BCUT2D eigenvalue weighted by Gasteiger charge is -2.32. The third-order valence-corrected chi connectivity index (χ3v) is 5.99. The van der Waals surface area contributed by atoms with E-state index in [1.54, 1.807) is 0 Å². The van der Waals surface area contributed by atoms with Gasteiger partial charge < -0.3 is 10.2 Å². The normalized spacial score (nSPS) is 24.1. The van der Waals surface area contributed by atoms with Crippen LogP contribution in [-0.4, -0.2) is 57.8 Å². The van der Waals surface area contributed by atoms with Gasteiger partial charge in [0.05, 0.1) is 5.75 Å². The molecule has 2 saturated heterocycles. The molecule has 0 bridgehead atoms. The van der Waals surface area contributed by atoms with Crippen molar-refractivity contribution in [1.82, 2.24) is 14.9 Å². The van der Waals surface area contributed by atoms with E-state index in [0.29, 0.717) is 11.7 Å². The highest BCUT2D eigenvalue weighted by Gasteiger charge is 2.26. The molecular formula is C14H29N3O2S. The number of nitrogens with zero attached hydrogens (tertiary/aromatic N) is 1. The first-order chi connectivity index (χ1) is 9.59. The summed E-state index contributed by atoms with van der Waals surface area (Å²) in [5, 5.41) is 3.28. The molecule has 2 rings (SSSR count). The molecule has 0 atom stereocenters. The molecule has 2 aliphatic heterocycles. The highest BCUT2D eigenvalue weighted by Crippen LogP contribution is 2.16. The van der Waals surface area contributed by atoms with Crippen molar-refractivity contribution in [1.29, 1.82) is 0 Å². The van der Waals surface area contributed by atoms with E-state index < -0.39 is 10.0 Å². The van der Waals surface area contributed by atoms with Crippen LogP contribution in [-0.2, 0) is 10.0 Å². The number of sulfonamides is 1. The number of nitrogens with one attached hydrogen (secondary N) is 2. The summed E-state index contributed by atoms with van der Waals surface area (Å²) in [4.78, 5) is 2.43. The van der Waals surface area contributed by atoms with E-state index in [-0.39, 0.29) is 6.04 Å². The van der Waals surface area contributed by atoms with E-state index in [9.17, 15) is 8.42 Å². The van der Waals surface area contributed by atoms with Crippen LogP contribution in [0.3, 0.4) is 0 Å². The summed E-state index contributed by atoms with van der Waals surface area (Å²) in [5.74, 6) is 0.637. The van der Waals surface area contributed by atoms with Crippen molar-refractivity contribution in [3.05, 3.63) is 0 Å². The highest BCUT2D eigenvalue weighted by molar-refractivity contribution is 7.89. The van der Waals surface area contributed by atoms with Gasteiger partial charge in [0, 0.05) is 6.04 Å². The molecule has 0 spiro atoms. The Balaban J connectivity index is 1.74. The van der Waals surface area contributed by atoms with Crippen LogP contribution in [0.1, 0.15) is 39.0 Å². The first kappa shape index (κ1) is 16.2. The maximum atomic E-state index is 12.2. The van der Waals surface area contributed by atoms with Gasteiger partial charge in [0.15, 0.2) is 0 Å². The smallest absolute Gasteiger partial charge is 0.212 e. The van der Waals surface area contributed by atoms with E-state index in [2.05, 4.69) is 21.9 Å². The van der Waals surface area contributed by atoms with Gasteiger partial charge >= 0.3 is 0 Å². The maximum Gasteiger partial charge on any atom is 0.212 e. The Bertz CT molecular complexity index is 372. The minimum Gasteiger partial charge on any atom is -0.317 e. The molecule has 0 aromatic heterocycles. The lowest BCUT2D eigenvalue weighted by atomic mass is 10.0. The lowest BCUT2D eigenvalue weighted by Crippen LogP contribution is -2.46. The van der Waals surface area contributed by atoms with Crippen molar-refractivity contribution in [2.75, 3.05) is 38.5 Å². The fourth-order valence-electron chi connectivity index (χ4n) is 3.25. The zero-order chi connectivity index (χ0) is 14.4. The molecule has 2 fully saturated rings. The Labute approximate surface area is 123 Å². The van der Waals surface area contributed by atoms with Gasteiger partial charge in [-0.2, -0.15) is 0 Å². The molecule has 2 N–H and O–H groups in total. The summed E-state index contributed by atoms with van der Waals surface area (Å²) in [6.45, 7) is 7.27. The second-order valence-electron chi connectivity index (χ2n) is 6.21.